The molecule has 1 heterocycles. The Balaban J connectivity index is 2.96. The van der Waals surface area contributed by atoms with Gasteiger partial charge in [-0.1, -0.05) is 44.0 Å². The summed E-state index contributed by atoms with van der Waals surface area (Å²) >= 11 is 11.5. The maximum absolute atomic E-state index is 12.1. The van der Waals surface area contributed by atoms with E-state index in [1.165, 1.54) is 6.07 Å². The van der Waals surface area contributed by atoms with Crippen LogP contribution in [0.15, 0.2) is 6.07 Å². The van der Waals surface area contributed by atoms with Crippen LogP contribution in [-0.2, 0) is 4.79 Å². The third-order valence-corrected chi connectivity index (χ3v) is 3.16. The van der Waals surface area contributed by atoms with Gasteiger partial charge in [-0.15, -0.1) is 10.2 Å². The number of nitrogens with one attached hydrogen (secondary N) is 1. The molecule has 8 heteroatoms. The third-order valence-electron chi connectivity index (χ3n) is 2.69. The van der Waals surface area contributed by atoms with Gasteiger partial charge < -0.3 is 10.4 Å². The summed E-state index contributed by atoms with van der Waals surface area (Å²) in [4.78, 5) is 23.0. The molecule has 2 N–H and O–H groups in total. The Morgan fingerprint density at radius 2 is 1.95 bits per heavy atom. The second-order valence-electron chi connectivity index (χ2n) is 5.36. The van der Waals surface area contributed by atoms with Crippen molar-refractivity contribution in [1.29, 1.82) is 0 Å². The van der Waals surface area contributed by atoms with Crippen molar-refractivity contribution in [2.24, 2.45) is 5.41 Å². The summed E-state index contributed by atoms with van der Waals surface area (Å²) in [7, 11) is 0. The lowest BCUT2D eigenvalue weighted by atomic mass is 9.84. The van der Waals surface area contributed by atoms with E-state index in [2.05, 4.69) is 15.5 Å². The van der Waals surface area contributed by atoms with Crippen LogP contribution in [0.25, 0.3) is 0 Å². The first-order valence-corrected chi connectivity index (χ1v) is 6.58. The van der Waals surface area contributed by atoms with E-state index in [9.17, 15) is 9.59 Å². The molecule has 0 saturated heterocycles. The van der Waals surface area contributed by atoms with Gasteiger partial charge in [0, 0.05) is 6.04 Å². The Kier molecular flexibility index (Phi) is 5.30. The number of halogens is 2. The van der Waals surface area contributed by atoms with Crippen molar-refractivity contribution in [1.82, 2.24) is 15.5 Å². The molecule has 0 saturated carbocycles. The monoisotopic (exact) mass is 319 g/mol. The number of rotatable bonds is 4. The molecule has 0 spiro atoms. The molecular weight excluding hydrogens is 305 g/mol. The van der Waals surface area contributed by atoms with Gasteiger partial charge in [-0.05, 0) is 11.5 Å². The topological polar surface area (TPSA) is 92.2 Å². The van der Waals surface area contributed by atoms with E-state index >= 15 is 0 Å². The fourth-order valence-corrected chi connectivity index (χ4v) is 1.82. The fourth-order valence-electron chi connectivity index (χ4n) is 1.50. The van der Waals surface area contributed by atoms with Gasteiger partial charge in [-0.3, -0.25) is 9.59 Å². The number of aliphatic carboxylic acids is 1. The summed E-state index contributed by atoms with van der Waals surface area (Å²) < 4.78 is 0. The zero-order valence-electron chi connectivity index (χ0n) is 11.3. The molecule has 0 radical (unpaired) electrons. The minimum atomic E-state index is -0.998. The second-order valence-corrected chi connectivity index (χ2v) is 6.11. The van der Waals surface area contributed by atoms with Crippen LogP contribution in [0, 0.1) is 5.41 Å². The number of nitrogens with zero attached hydrogens (tertiary/aromatic N) is 2. The summed E-state index contributed by atoms with van der Waals surface area (Å²) in [5, 5.41) is 18.5. The Hall–Kier alpha value is -1.40. The summed E-state index contributed by atoms with van der Waals surface area (Å²) in [5.41, 5.74) is -0.364. The van der Waals surface area contributed by atoms with E-state index < -0.39 is 23.3 Å². The highest BCUT2D eigenvalue weighted by Gasteiger charge is 2.29. The molecule has 110 valence electrons. The zero-order valence-corrected chi connectivity index (χ0v) is 12.8. The molecular formula is C12H15Cl2N3O3. The molecule has 1 aromatic rings. The van der Waals surface area contributed by atoms with Crippen molar-refractivity contribution >= 4 is 35.1 Å². The predicted octanol–water partition coefficient (Wildman–Crippen LogP) is 2.40. The SMILES string of the molecule is CC(C)(C)C(CC(=O)O)NC(=O)c1cc(Cl)nnc1Cl. The second kappa shape index (κ2) is 6.37. The first-order chi connectivity index (χ1) is 9.11. The van der Waals surface area contributed by atoms with Crippen LogP contribution >= 0.6 is 23.2 Å². The third kappa shape index (κ3) is 4.61. The van der Waals surface area contributed by atoms with Gasteiger partial charge >= 0.3 is 5.97 Å². The molecule has 0 aliphatic heterocycles. The standard InChI is InChI=1S/C12H15Cl2N3O3/c1-12(2,3)7(5-9(18)19)15-11(20)6-4-8(13)16-17-10(6)14/h4,7H,5H2,1-3H3,(H,15,20)(H,18,19). The molecule has 6 nitrogen and oxygen atoms in total. The Morgan fingerprint density at radius 1 is 1.35 bits per heavy atom. The minimum Gasteiger partial charge on any atom is -0.481 e. The van der Waals surface area contributed by atoms with Crippen molar-refractivity contribution in [3.05, 3.63) is 21.9 Å². The normalized spacial score (nSPS) is 12.8. The predicted molar refractivity (Wildman–Crippen MR) is 75.0 cm³/mol. The Morgan fingerprint density at radius 3 is 2.45 bits per heavy atom. The van der Waals surface area contributed by atoms with Crippen LogP contribution in [0.3, 0.4) is 0 Å². The molecule has 0 aliphatic carbocycles. The molecule has 1 rings (SSSR count). The highest BCUT2D eigenvalue weighted by Crippen LogP contribution is 2.23. The van der Waals surface area contributed by atoms with E-state index in [0.717, 1.165) is 0 Å². The average molecular weight is 320 g/mol. The number of carbonyl (C=O) groups is 2. The van der Waals surface area contributed by atoms with Gasteiger partial charge in [0.2, 0.25) is 0 Å². The molecule has 0 aliphatic rings. The molecule has 0 aromatic carbocycles. The number of hydrogen-bond acceptors (Lipinski definition) is 4. The maximum Gasteiger partial charge on any atom is 0.305 e. The van der Waals surface area contributed by atoms with Crippen molar-refractivity contribution < 1.29 is 14.7 Å². The molecule has 20 heavy (non-hydrogen) atoms. The quantitative estimate of drug-likeness (QED) is 0.889. The van der Waals surface area contributed by atoms with Gasteiger partial charge in [-0.25, -0.2) is 0 Å². The van der Waals surface area contributed by atoms with Crippen molar-refractivity contribution in [3.8, 4) is 0 Å². The highest BCUT2D eigenvalue weighted by atomic mass is 35.5. The van der Waals surface area contributed by atoms with Gasteiger partial charge in [0.05, 0.1) is 12.0 Å². The van der Waals surface area contributed by atoms with E-state index in [1.54, 1.807) is 0 Å². The lowest BCUT2D eigenvalue weighted by molar-refractivity contribution is -0.138. The minimum absolute atomic E-state index is 0.0325. The number of carboxylic acid groups (broad SMARTS) is 1. The van der Waals surface area contributed by atoms with Crippen LogP contribution in [0.1, 0.15) is 37.6 Å². The van der Waals surface area contributed by atoms with Gasteiger partial charge in [0.1, 0.15) is 0 Å². The van der Waals surface area contributed by atoms with Crippen molar-refractivity contribution in [2.45, 2.75) is 33.2 Å². The average Bonchev–Trinajstić information content (AvgIpc) is 2.29. The summed E-state index contributed by atoms with van der Waals surface area (Å²) in [6.07, 6.45) is -0.195. The Labute approximate surface area is 126 Å². The van der Waals surface area contributed by atoms with E-state index in [4.69, 9.17) is 28.3 Å². The molecule has 1 unspecified atom stereocenters. The number of amides is 1. The molecule has 1 aromatic heterocycles. The van der Waals surface area contributed by atoms with Crippen molar-refractivity contribution in [3.63, 3.8) is 0 Å². The summed E-state index contributed by atoms with van der Waals surface area (Å²) in [6.45, 7) is 5.50. The number of carbonyl (C=O) groups excluding carboxylic acids is 1. The molecule has 1 atom stereocenters. The van der Waals surface area contributed by atoms with Gasteiger partial charge in [0.15, 0.2) is 10.3 Å². The lowest BCUT2D eigenvalue weighted by Crippen LogP contribution is -2.45. The van der Waals surface area contributed by atoms with Crippen LogP contribution in [0.2, 0.25) is 10.3 Å². The van der Waals surface area contributed by atoms with E-state index in [-0.39, 0.29) is 22.3 Å². The number of aromatic nitrogens is 2. The molecule has 0 bridgehead atoms. The largest absolute Gasteiger partial charge is 0.481 e. The number of hydrogen-bond donors (Lipinski definition) is 2. The smallest absolute Gasteiger partial charge is 0.305 e. The molecule has 1 amide bonds. The van der Waals surface area contributed by atoms with Crippen LogP contribution in [-0.4, -0.2) is 33.2 Å². The fraction of sp³-hybridized carbons (Fsp3) is 0.500. The Bertz CT molecular complexity index is 529. The first-order valence-electron chi connectivity index (χ1n) is 5.82. The summed E-state index contributed by atoms with van der Waals surface area (Å²) in [5.74, 6) is -1.53. The zero-order chi connectivity index (χ0) is 15.5. The molecule has 0 fully saturated rings. The van der Waals surface area contributed by atoms with E-state index in [0.29, 0.717) is 0 Å². The first kappa shape index (κ1) is 16.7. The highest BCUT2D eigenvalue weighted by molar-refractivity contribution is 6.34. The lowest BCUT2D eigenvalue weighted by Gasteiger charge is -2.30. The van der Waals surface area contributed by atoms with Crippen LogP contribution < -0.4 is 5.32 Å². The van der Waals surface area contributed by atoms with Crippen LogP contribution in [0.5, 0.6) is 0 Å². The summed E-state index contributed by atoms with van der Waals surface area (Å²) in [6, 6.07) is 0.725. The van der Waals surface area contributed by atoms with E-state index in [1.807, 2.05) is 20.8 Å². The van der Waals surface area contributed by atoms with Crippen molar-refractivity contribution in [2.75, 3.05) is 0 Å². The van der Waals surface area contributed by atoms with Gasteiger partial charge in [0.25, 0.3) is 5.91 Å². The van der Waals surface area contributed by atoms with Crippen LogP contribution in [0.4, 0.5) is 0 Å². The number of carboxylic acids is 1. The maximum atomic E-state index is 12.1. The van der Waals surface area contributed by atoms with Gasteiger partial charge in [-0.2, -0.15) is 0 Å².